The number of carbonyl (C=O) groups is 1. The number of hydrogen-bond acceptors (Lipinski definition) is 4. The lowest BCUT2D eigenvalue weighted by molar-refractivity contribution is -0.131. The van der Waals surface area contributed by atoms with Crippen molar-refractivity contribution >= 4 is 11.7 Å². The van der Waals surface area contributed by atoms with Crippen molar-refractivity contribution in [2.24, 2.45) is 0 Å². The van der Waals surface area contributed by atoms with Crippen molar-refractivity contribution in [3.8, 4) is 11.4 Å². The van der Waals surface area contributed by atoms with E-state index in [1.807, 2.05) is 23.1 Å². The van der Waals surface area contributed by atoms with Gasteiger partial charge in [-0.1, -0.05) is 57.5 Å². The van der Waals surface area contributed by atoms with Crippen LogP contribution in [0.25, 0.3) is 11.4 Å². The zero-order valence-corrected chi connectivity index (χ0v) is 18.3. The highest BCUT2D eigenvalue weighted by Crippen LogP contribution is 2.31. The minimum absolute atomic E-state index is 0.293. The lowest BCUT2D eigenvalue weighted by atomic mass is 10.0. The van der Waals surface area contributed by atoms with Crippen molar-refractivity contribution in [2.75, 3.05) is 31.1 Å². The van der Waals surface area contributed by atoms with Gasteiger partial charge in [0.2, 0.25) is 5.91 Å². The fourth-order valence-electron chi connectivity index (χ4n) is 4.06. The topological polar surface area (TPSA) is 49.3 Å². The van der Waals surface area contributed by atoms with Gasteiger partial charge in [-0.25, -0.2) is 9.97 Å². The maximum atomic E-state index is 12.5. The Morgan fingerprint density at radius 1 is 1.07 bits per heavy atom. The summed E-state index contributed by atoms with van der Waals surface area (Å²) < 4.78 is 0. The van der Waals surface area contributed by atoms with Gasteiger partial charge in [0.1, 0.15) is 5.82 Å². The summed E-state index contributed by atoms with van der Waals surface area (Å²) in [7, 11) is 0. The third-order valence-corrected chi connectivity index (χ3v) is 5.62. The third-order valence-electron chi connectivity index (χ3n) is 5.62. The standard InChI is InChI=1S/C24H34N4O/c1-5-6-13-21(29)27-14-10-15-28(17-16-27)24-22(18(2)3)19(4)25-23(26-24)20-11-8-7-9-12-20/h7-9,11-12,18H,5-6,10,13-17H2,1-4H3. The van der Waals surface area contributed by atoms with E-state index < -0.39 is 0 Å². The molecule has 2 heterocycles. The molecule has 1 aromatic heterocycles. The minimum atomic E-state index is 0.293. The van der Waals surface area contributed by atoms with Gasteiger partial charge in [0.25, 0.3) is 0 Å². The molecule has 1 aliphatic heterocycles. The van der Waals surface area contributed by atoms with Gasteiger partial charge in [-0.05, 0) is 25.7 Å². The highest BCUT2D eigenvalue weighted by molar-refractivity contribution is 5.76. The second-order valence-corrected chi connectivity index (χ2v) is 8.22. The predicted molar refractivity (Wildman–Crippen MR) is 119 cm³/mol. The number of amides is 1. The predicted octanol–water partition coefficient (Wildman–Crippen LogP) is 4.80. The van der Waals surface area contributed by atoms with E-state index in [2.05, 4.69) is 44.7 Å². The van der Waals surface area contributed by atoms with E-state index in [1.165, 1.54) is 5.56 Å². The van der Waals surface area contributed by atoms with Gasteiger partial charge in [-0.15, -0.1) is 0 Å². The summed E-state index contributed by atoms with van der Waals surface area (Å²) in [6.45, 7) is 12.0. The van der Waals surface area contributed by atoms with Gasteiger partial charge in [0.15, 0.2) is 5.82 Å². The number of rotatable bonds is 6. The number of unbranched alkanes of at least 4 members (excludes halogenated alkanes) is 1. The van der Waals surface area contributed by atoms with Crippen LogP contribution in [-0.2, 0) is 4.79 Å². The van der Waals surface area contributed by atoms with Gasteiger partial charge >= 0.3 is 0 Å². The van der Waals surface area contributed by atoms with Crippen LogP contribution in [0, 0.1) is 6.92 Å². The van der Waals surface area contributed by atoms with Crippen molar-refractivity contribution in [3.05, 3.63) is 41.6 Å². The second-order valence-electron chi connectivity index (χ2n) is 8.22. The Morgan fingerprint density at radius 3 is 2.52 bits per heavy atom. The summed E-state index contributed by atoms with van der Waals surface area (Å²) in [4.78, 5) is 26.7. The monoisotopic (exact) mass is 394 g/mol. The molecule has 1 aliphatic rings. The van der Waals surface area contributed by atoms with Crippen molar-refractivity contribution in [1.29, 1.82) is 0 Å². The minimum Gasteiger partial charge on any atom is -0.354 e. The Morgan fingerprint density at radius 2 is 1.83 bits per heavy atom. The van der Waals surface area contributed by atoms with Crippen LogP contribution < -0.4 is 4.90 Å². The molecule has 0 unspecified atom stereocenters. The summed E-state index contributed by atoms with van der Waals surface area (Å²) in [5, 5.41) is 0. The molecule has 5 nitrogen and oxygen atoms in total. The Bertz CT molecular complexity index is 819. The van der Waals surface area contributed by atoms with E-state index in [1.54, 1.807) is 0 Å². The molecule has 29 heavy (non-hydrogen) atoms. The molecule has 156 valence electrons. The molecule has 0 bridgehead atoms. The first kappa shape index (κ1) is 21.3. The third kappa shape index (κ3) is 5.14. The maximum Gasteiger partial charge on any atom is 0.222 e. The van der Waals surface area contributed by atoms with Crippen molar-refractivity contribution in [1.82, 2.24) is 14.9 Å². The van der Waals surface area contributed by atoms with Crippen LogP contribution in [0.5, 0.6) is 0 Å². The van der Waals surface area contributed by atoms with Crippen LogP contribution in [0.15, 0.2) is 30.3 Å². The fourth-order valence-corrected chi connectivity index (χ4v) is 4.06. The van der Waals surface area contributed by atoms with Gasteiger partial charge in [-0.2, -0.15) is 0 Å². The number of anilines is 1. The number of hydrogen-bond donors (Lipinski definition) is 0. The number of carbonyl (C=O) groups excluding carboxylic acids is 1. The molecule has 0 saturated carbocycles. The average molecular weight is 395 g/mol. The molecule has 0 radical (unpaired) electrons. The number of nitrogens with zero attached hydrogens (tertiary/aromatic N) is 4. The first-order chi connectivity index (χ1) is 14.0. The summed E-state index contributed by atoms with van der Waals surface area (Å²) in [6, 6.07) is 10.2. The van der Waals surface area contributed by atoms with E-state index in [0.29, 0.717) is 18.2 Å². The molecule has 1 amide bonds. The van der Waals surface area contributed by atoms with Crippen LogP contribution >= 0.6 is 0 Å². The van der Waals surface area contributed by atoms with Crippen LogP contribution in [0.3, 0.4) is 0 Å². The van der Waals surface area contributed by atoms with Crippen molar-refractivity contribution < 1.29 is 4.79 Å². The van der Waals surface area contributed by atoms with Gasteiger partial charge in [0, 0.05) is 49.4 Å². The highest BCUT2D eigenvalue weighted by atomic mass is 16.2. The summed E-state index contributed by atoms with van der Waals surface area (Å²) in [5.74, 6) is 2.46. The molecule has 1 saturated heterocycles. The summed E-state index contributed by atoms with van der Waals surface area (Å²) in [5.41, 5.74) is 3.30. The number of aromatic nitrogens is 2. The largest absolute Gasteiger partial charge is 0.354 e. The average Bonchev–Trinajstić information content (AvgIpc) is 2.98. The normalized spacial score (nSPS) is 14.9. The molecule has 2 aromatic rings. The second kappa shape index (κ2) is 9.86. The van der Waals surface area contributed by atoms with Gasteiger partial charge < -0.3 is 9.80 Å². The van der Waals surface area contributed by atoms with E-state index in [9.17, 15) is 4.79 Å². The lowest BCUT2D eigenvalue weighted by Gasteiger charge is -2.27. The number of benzene rings is 1. The highest BCUT2D eigenvalue weighted by Gasteiger charge is 2.24. The number of aryl methyl sites for hydroxylation is 1. The zero-order valence-electron chi connectivity index (χ0n) is 18.3. The SMILES string of the molecule is CCCCC(=O)N1CCCN(c2nc(-c3ccccc3)nc(C)c2C(C)C)CC1. The quantitative estimate of drug-likeness (QED) is 0.706. The van der Waals surface area contributed by atoms with Crippen LogP contribution in [-0.4, -0.2) is 47.0 Å². The van der Waals surface area contributed by atoms with Crippen molar-refractivity contribution in [2.45, 2.75) is 59.3 Å². The Labute approximate surface area is 175 Å². The Balaban J connectivity index is 1.88. The molecule has 5 heteroatoms. The Kier molecular flexibility index (Phi) is 7.24. The summed E-state index contributed by atoms with van der Waals surface area (Å²) >= 11 is 0. The van der Waals surface area contributed by atoms with E-state index >= 15 is 0 Å². The van der Waals surface area contributed by atoms with Crippen LogP contribution in [0.4, 0.5) is 5.82 Å². The van der Waals surface area contributed by atoms with Crippen LogP contribution in [0.1, 0.15) is 63.6 Å². The van der Waals surface area contributed by atoms with Gasteiger partial charge in [-0.3, -0.25) is 4.79 Å². The molecule has 1 fully saturated rings. The molecule has 0 spiro atoms. The molecule has 0 aliphatic carbocycles. The Hall–Kier alpha value is -2.43. The molecular weight excluding hydrogens is 360 g/mol. The van der Waals surface area contributed by atoms with E-state index in [4.69, 9.17) is 9.97 Å². The fraction of sp³-hybridized carbons (Fsp3) is 0.542. The van der Waals surface area contributed by atoms with Crippen molar-refractivity contribution in [3.63, 3.8) is 0 Å². The van der Waals surface area contributed by atoms with E-state index in [-0.39, 0.29) is 0 Å². The lowest BCUT2D eigenvalue weighted by Crippen LogP contribution is -2.35. The first-order valence-corrected chi connectivity index (χ1v) is 11.0. The van der Waals surface area contributed by atoms with Gasteiger partial charge in [0.05, 0.1) is 0 Å². The maximum absolute atomic E-state index is 12.5. The molecular formula is C24H34N4O. The van der Waals surface area contributed by atoms with E-state index in [0.717, 1.165) is 68.3 Å². The van der Waals surface area contributed by atoms with Crippen LogP contribution in [0.2, 0.25) is 0 Å². The first-order valence-electron chi connectivity index (χ1n) is 11.0. The molecule has 3 rings (SSSR count). The molecule has 0 N–H and O–H groups in total. The smallest absolute Gasteiger partial charge is 0.222 e. The molecule has 0 atom stereocenters. The molecule has 1 aromatic carbocycles. The zero-order chi connectivity index (χ0) is 20.8. The summed E-state index contributed by atoms with van der Waals surface area (Å²) in [6.07, 6.45) is 3.67.